The van der Waals surface area contributed by atoms with E-state index in [4.69, 9.17) is 10.5 Å². The summed E-state index contributed by atoms with van der Waals surface area (Å²) in [7, 11) is 0. The number of pyridine rings is 1. The maximum absolute atomic E-state index is 13.0. The van der Waals surface area contributed by atoms with Crippen molar-refractivity contribution < 1.29 is 27.1 Å². The average molecular weight is 405 g/mol. The minimum Gasteiger partial charge on any atom is -0.457 e. The number of aromatic nitrogens is 1. The number of carbonyl (C=O) groups is 1. The number of amides is 1. The van der Waals surface area contributed by atoms with Crippen molar-refractivity contribution >= 4 is 11.7 Å². The van der Waals surface area contributed by atoms with Crippen LogP contribution in [0.15, 0.2) is 60.7 Å². The Kier molecular flexibility index (Phi) is 5.67. The lowest BCUT2D eigenvalue weighted by atomic mass is 10.2. The van der Waals surface area contributed by atoms with Crippen molar-refractivity contribution in [2.75, 3.05) is 5.73 Å². The summed E-state index contributed by atoms with van der Waals surface area (Å²) in [5, 5.41) is 2.61. The molecule has 0 aliphatic heterocycles. The Hall–Kier alpha value is -3.62. The number of rotatable bonds is 5. The van der Waals surface area contributed by atoms with Crippen LogP contribution in [0.4, 0.5) is 23.4 Å². The van der Waals surface area contributed by atoms with Gasteiger partial charge in [0.2, 0.25) is 5.95 Å². The summed E-state index contributed by atoms with van der Waals surface area (Å²) in [5.74, 6) is -1.23. The molecule has 2 aromatic carbocycles. The fourth-order valence-corrected chi connectivity index (χ4v) is 2.51. The van der Waals surface area contributed by atoms with Gasteiger partial charge in [-0.15, -0.1) is 0 Å². The Balaban J connectivity index is 1.68. The first-order valence-electron chi connectivity index (χ1n) is 8.36. The SMILES string of the molecule is Nc1nc(F)ccc1C(=O)NCc1cccc(Oc2cccc(C(F)(F)F)c2)c1. The van der Waals surface area contributed by atoms with Gasteiger partial charge in [0, 0.05) is 6.54 Å². The van der Waals surface area contributed by atoms with Crippen LogP contribution in [0.25, 0.3) is 0 Å². The van der Waals surface area contributed by atoms with Crippen LogP contribution < -0.4 is 15.8 Å². The monoisotopic (exact) mass is 405 g/mol. The third-order valence-electron chi connectivity index (χ3n) is 3.88. The van der Waals surface area contributed by atoms with Gasteiger partial charge in [0.25, 0.3) is 5.91 Å². The molecule has 150 valence electrons. The molecule has 0 radical (unpaired) electrons. The number of benzene rings is 2. The molecular weight excluding hydrogens is 390 g/mol. The number of nitrogens with zero attached hydrogens (tertiary/aromatic N) is 1. The quantitative estimate of drug-likeness (QED) is 0.483. The number of ether oxygens (including phenoxy) is 1. The highest BCUT2D eigenvalue weighted by molar-refractivity contribution is 5.98. The summed E-state index contributed by atoms with van der Waals surface area (Å²) in [5.41, 5.74) is 5.38. The number of nitrogens with one attached hydrogen (secondary N) is 1. The summed E-state index contributed by atoms with van der Waals surface area (Å²) in [6.45, 7) is 0.0927. The highest BCUT2D eigenvalue weighted by atomic mass is 19.4. The van der Waals surface area contributed by atoms with Crippen LogP contribution in [0.2, 0.25) is 0 Å². The number of nitrogen functional groups attached to an aromatic ring is 1. The van der Waals surface area contributed by atoms with Gasteiger partial charge in [-0.25, -0.2) is 4.98 Å². The summed E-state index contributed by atoms with van der Waals surface area (Å²) in [4.78, 5) is 15.6. The molecule has 0 aliphatic carbocycles. The van der Waals surface area contributed by atoms with Gasteiger partial charge in [-0.2, -0.15) is 17.6 Å². The van der Waals surface area contributed by atoms with E-state index >= 15 is 0 Å². The van der Waals surface area contributed by atoms with Gasteiger partial charge in [-0.1, -0.05) is 18.2 Å². The van der Waals surface area contributed by atoms with Gasteiger partial charge >= 0.3 is 6.18 Å². The molecule has 3 aromatic rings. The Morgan fingerprint density at radius 2 is 1.72 bits per heavy atom. The predicted octanol–water partition coefficient (Wildman–Crippen LogP) is 4.54. The van der Waals surface area contributed by atoms with Gasteiger partial charge in [-0.05, 0) is 48.0 Å². The predicted molar refractivity (Wildman–Crippen MR) is 97.7 cm³/mol. The van der Waals surface area contributed by atoms with E-state index in [1.54, 1.807) is 24.3 Å². The summed E-state index contributed by atoms with van der Waals surface area (Å²) >= 11 is 0. The molecule has 29 heavy (non-hydrogen) atoms. The molecule has 1 amide bonds. The molecule has 3 N–H and O–H groups in total. The second-order valence-corrected chi connectivity index (χ2v) is 6.02. The first-order valence-corrected chi connectivity index (χ1v) is 8.36. The van der Waals surface area contributed by atoms with Gasteiger partial charge in [0.05, 0.1) is 11.1 Å². The number of hydrogen-bond donors (Lipinski definition) is 2. The van der Waals surface area contributed by atoms with Crippen molar-refractivity contribution in [2.45, 2.75) is 12.7 Å². The largest absolute Gasteiger partial charge is 0.457 e. The number of nitrogens with two attached hydrogens (primary N) is 1. The second kappa shape index (κ2) is 8.17. The second-order valence-electron chi connectivity index (χ2n) is 6.02. The Labute approximate surface area is 163 Å². The summed E-state index contributed by atoms with van der Waals surface area (Å²) in [6, 6.07) is 13.3. The van der Waals surface area contributed by atoms with Crippen molar-refractivity contribution in [3.63, 3.8) is 0 Å². The maximum atomic E-state index is 13.0. The van der Waals surface area contributed by atoms with E-state index in [1.807, 2.05) is 0 Å². The zero-order valence-corrected chi connectivity index (χ0v) is 14.8. The molecule has 0 saturated carbocycles. The molecule has 0 bridgehead atoms. The number of anilines is 1. The standard InChI is InChI=1S/C20H15F4N3O2/c21-17-8-7-16(18(25)27-17)19(28)26-11-12-3-1-5-14(9-12)29-15-6-2-4-13(10-15)20(22,23)24/h1-10H,11H2,(H2,25,27)(H,26,28). The highest BCUT2D eigenvalue weighted by Gasteiger charge is 2.30. The fraction of sp³-hybridized carbons (Fsp3) is 0.100. The van der Waals surface area contributed by atoms with Gasteiger partial charge in [-0.3, -0.25) is 4.79 Å². The van der Waals surface area contributed by atoms with Crippen LogP contribution in [0.3, 0.4) is 0 Å². The van der Waals surface area contributed by atoms with E-state index in [9.17, 15) is 22.4 Å². The van der Waals surface area contributed by atoms with Crippen molar-refractivity contribution in [1.29, 1.82) is 0 Å². The molecule has 0 aliphatic rings. The molecule has 9 heteroatoms. The summed E-state index contributed by atoms with van der Waals surface area (Å²) in [6.07, 6.45) is -4.47. The molecule has 3 rings (SSSR count). The van der Waals surface area contributed by atoms with Crippen LogP contribution in [-0.2, 0) is 12.7 Å². The first kappa shape index (κ1) is 20.1. The van der Waals surface area contributed by atoms with E-state index in [-0.39, 0.29) is 23.7 Å². The van der Waals surface area contributed by atoms with Crippen molar-refractivity contribution in [2.24, 2.45) is 0 Å². The van der Waals surface area contributed by atoms with Crippen LogP contribution in [0.5, 0.6) is 11.5 Å². The van der Waals surface area contributed by atoms with E-state index < -0.39 is 23.6 Å². The smallest absolute Gasteiger partial charge is 0.416 e. The van der Waals surface area contributed by atoms with Gasteiger partial charge < -0.3 is 15.8 Å². The Bertz CT molecular complexity index is 1040. The van der Waals surface area contributed by atoms with E-state index in [1.165, 1.54) is 18.2 Å². The highest BCUT2D eigenvalue weighted by Crippen LogP contribution is 2.32. The van der Waals surface area contributed by atoms with Crippen LogP contribution >= 0.6 is 0 Å². The number of hydrogen-bond acceptors (Lipinski definition) is 4. The Morgan fingerprint density at radius 3 is 2.41 bits per heavy atom. The summed E-state index contributed by atoms with van der Waals surface area (Å²) < 4.78 is 56.9. The van der Waals surface area contributed by atoms with E-state index in [2.05, 4.69) is 10.3 Å². The molecule has 0 unspecified atom stereocenters. The lowest BCUT2D eigenvalue weighted by Crippen LogP contribution is -2.24. The van der Waals surface area contributed by atoms with Crippen LogP contribution in [0.1, 0.15) is 21.5 Å². The molecule has 0 fully saturated rings. The lowest BCUT2D eigenvalue weighted by molar-refractivity contribution is -0.137. The minimum atomic E-state index is -4.47. The first-order chi connectivity index (χ1) is 13.7. The fourth-order valence-electron chi connectivity index (χ4n) is 2.51. The molecule has 0 atom stereocenters. The van der Waals surface area contributed by atoms with Gasteiger partial charge in [0.15, 0.2) is 0 Å². The third kappa shape index (κ3) is 5.22. The molecular formula is C20H15F4N3O2. The van der Waals surface area contributed by atoms with Crippen molar-refractivity contribution in [1.82, 2.24) is 10.3 Å². The van der Waals surface area contributed by atoms with Crippen molar-refractivity contribution in [3.8, 4) is 11.5 Å². The zero-order chi connectivity index (χ0) is 21.0. The average Bonchev–Trinajstić information content (AvgIpc) is 2.66. The minimum absolute atomic E-state index is 0.0303. The van der Waals surface area contributed by atoms with Gasteiger partial charge in [0.1, 0.15) is 17.3 Å². The lowest BCUT2D eigenvalue weighted by Gasteiger charge is -2.11. The van der Waals surface area contributed by atoms with Crippen molar-refractivity contribution in [3.05, 3.63) is 83.3 Å². The van der Waals surface area contributed by atoms with Crippen LogP contribution in [-0.4, -0.2) is 10.9 Å². The number of alkyl halides is 3. The zero-order valence-electron chi connectivity index (χ0n) is 14.8. The topological polar surface area (TPSA) is 77.2 Å². The number of carbonyl (C=O) groups excluding carboxylic acids is 1. The maximum Gasteiger partial charge on any atom is 0.416 e. The normalized spacial score (nSPS) is 11.2. The molecule has 1 heterocycles. The van der Waals surface area contributed by atoms with E-state index in [0.717, 1.165) is 18.2 Å². The Morgan fingerprint density at radius 1 is 1.03 bits per heavy atom. The number of halogens is 4. The van der Waals surface area contributed by atoms with Crippen LogP contribution in [0, 0.1) is 5.95 Å². The molecule has 0 saturated heterocycles. The third-order valence-corrected chi connectivity index (χ3v) is 3.88. The van der Waals surface area contributed by atoms with E-state index in [0.29, 0.717) is 11.3 Å². The molecule has 0 spiro atoms. The molecule has 5 nitrogen and oxygen atoms in total. The molecule has 1 aromatic heterocycles.